The highest BCUT2D eigenvalue weighted by Gasteiger charge is 2.32. The van der Waals surface area contributed by atoms with E-state index in [1.807, 2.05) is 12.3 Å². The largest absolute Gasteiger partial charge is 0.316 e. The number of hydrogen-bond acceptors (Lipinski definition) is 1. The van der Waals surface area contributed by atoms with E-state index in [1.54, 1.807) is 0 Å². The van der Waals surface area contributed by atoms with Crippen LogP contribution in [0.4, 0.5) is 0 Å². The van der Waals surface area contributed by atoms with Gasteiger partial charge in [0.2, 0.25) is 0 Å². The minimum Gasteiger partial charge on any atom is -0.316 e. The Balaban J connectivity index is 0.000000106. The number of para-hydroxylation sites is 3. The average Bonchev–Trinajstić information content (AvgIpc) is 1.56. The highest BCUT2D eigenvalue weighted by atomic mass is 15.0. The van der Waals surface area contributed by atoms with Crippen LogP contribution < -0.4 is 0 Å². The van der Waals surface area contributed by atoms with Crippen LogP contribution in [-0.2, 0) is 0 Å². The summed E-state index contributed by atoms with van der Waals surface area (Å²) in [6.07, 6.45) is 6.56. The molecule has 0 saturated heterocycles. The van der Waals surface area contributed by atoms with Gasteiger partial charge < -0.3 is 18.3 Å². The molecule has 120 heavy (non-hydrogen) atoms. The van der Waals surface area contributed by atoms with E-state index < -0.39 is 0 Å². The molecule has 5 aromatic heterocycles. The lowest BCUT2D eigenvalue weighted by Crippen LogP contribution is -1.99. The minimum absolute atomic E-state index is 0.949. The monoisotopic (exact) mass is 1520 g/mol. The van der Waals surface area contributed by atoms with E-state index in [-0.39, 0.29) is 0 Å². The van der Waals surface area contributed by atoms with Gasteiger partial charge in [-0.05, 0) is 243 Å². The van der Waals surface area contributed by atoms with Crippen molar-refractivity contribution < 1.29 is 0 Å². The third-order valence-corrected chi connectivity index (χ3v) is 25.1. The summed E-state index contributed by atoms with van der Waals surface area (Å²) in [7, 11) is 0. The topological polar surface area (TPSA) is 32.6 Å². The quantitative estimate of drug-likeness (QED) is 0.157. The van der Waals surface area contributed by atoms with Crippen molar-refractivity contribution in [2.45, 2.75) is 0 Å². The van der Waals surface area contributed by atoms with Gasteiger partial charge >= 0.3 is 0 Å². The molecule has 23 aromatic rings. The molecule has 0 radical (unpaired) electrons. The maximum absolute atomic E-state index is 4.95. The number of pyridine rings is 1. The third kappa shape index (κ3) is 11.0. The van der Waals surface area contributed by atoms with Gasteiger partial charge in [0.15, 0.2) is 0 Å². The SMILES string of the molecule is c1ccc(-c2c3c4c(cccc4n2-c2ccc(-c4ccc(-n5c6ccccc6c6ccccc65)cc4)cc2)-c2ccccc2-c2ccccc2-3)nc1.c1ccc(-c2cccc(-n3cc4c5c(cccc53)-c3ccccc3-c3cc5ccccc5cc3-4)c2)cc1.c1ccc(-n2cc3c4c(cccc42)-c2ccccc2-c2cc4ccccc4cc2-3)cc1. The Morgan fingerprint density at radius 1 is 0.183 bits per heavy atom. The van der Waals surface area contributed by atoms with Crippen molar-refractivity contribution in [3.8, 4) is 157 Å². The normalized spacial score (nSPS) is 11.8. The van der Waals surface area contributed by atoms with Gasteiger partial charge in [-0.1, -0.05) is 309 Å². The van der Waals surface area contributed by atoms with Gasteiger partial charge in [-0.3, -0.25) is 4.98 Å². The molecule has 5 heteroatoms. The van der Waals surface area contributed by atoms with Crippen molar-refractivity contribution >= 4 is 76.1 Å². The minimum atomic E-state index is 0.949. The molecule has 0 fully saturated rings. The van der Waals surface area contributed by atoms with E-state index in [4.69, 9.17) is 4.98 Å². The first-order chi connectivity index (χ1) is 59.6. The van der Waals surface area contributed by atoms with Crippen LogP contribution >= 0.6 is 0 Å². The second kappa shape index (κ2) is 27.9. The predicted molar refractivity (Wildman–Crippen MR) is 503 cm³/mol. The lowest BCUT2D eigenvalue weighted by atomic mass is 9.91. The summed E-state index contributed by atoms with van der Waals surface area (Å²) in [5.74, 6) is 0. The Bertz CT molecular complexity index is 8000. The van der Waals surface area contributed by atoms with Crippen LogP contribution in [0.1, 0.15) is 0 Å². The first-order valence-corrected chi connectivity index (χ1v) is 41.3. The molecule has 0 spiro atoms. The van der Waals surface area contributed by atoms with Gasteiger partial charge in [0, 0.05) is 85.0 Å². The molecule has 558 valence electrons. The number of nitrogens with zero attached hydrogens (tertiary/aromatic N) is 5. The summed E-state index contributed by atoms with van der Waals surface area (Å²) in [6.45, 7) is 0. The molecule has 0 amide bonds. The number of aromatic nitrogens is 5. The molecule has 3 aliphatic rings. The molecule has 18 aromatic carbocycles. The first kappa shape index (κ1) is 68.5. The Morgan fingerprint density at radius 3 is 1.02 bits per heavy atom. The Morgan fingerprint density at radius 2 is 0.525 bits per heavy atom. The standard InChI is InChI=1S/C49H31N3.C36H23N.C30H19N/c1-2-13-37-36(12-1)38-14-3-4-17-42(38)48-47-41(37)18-11-22-46(47)52(49(48)43-19-9-10-31-50-43)35-29-25-33(26-30-35)32-23-27-34(28-24-32)51-44-20-7-5-15-39(44)40-16-6-8-21-45(40)51;1-2-10-24(11-3-1)25-14-8-15-28(20-25)37-23-34-33-22-27-13-5-4-12-26(27)21-32(33)30-17-7-6-16-29(30)31-18-9-19-35(37)36(31)34;1-2-11-22(12-3-1)31-19-28-27-18-21-10-5-4-9-20(21)17-26(27)24-14-7-6-13-23(24)25-15-8-16-29(31)30(25)28/h1-31H;1-23H;1-19H. The highest BCUT2D eigenvalue weighted by molar-refractivity contribution is 6.20. The third-order valence-electron chi connectivity index (χ3n) is 25.1. The van der Waals surface area contributed by atoms with Gasteiger partial charge in [0.1, 0.15) is 0 Å². The van der Waals surface area contributed by atoms with Crippen LogP contribution in [0, 0.1) is 0 Å². The Kier molecular flexibility index (Phi) is 15.9. The average molecular weight is 1520 g/mol. The molecule has 0 unspecified atom stereocenters. The Labute approximate surface area is 694 Å². The molecule has 0 bridgehead atoms. The van der Waals surface area contributed by atoms with E-state index >= 15 is 0 Å². The number of fused-ring (bicyclic) bond motifs is 20. The maximum Gasteiger partial charge on any atom is 0.0876 e. The molecular formula is C115H73N5. The van der Waals surface area contributed by atoms with Crippen LogP contribution in [0.25, 0.3) is 233 Å². The number of hydrogen-bond donors (Lipinski definition) is 0. The molecule has 3 aliphatic carbocycles. The van der Waals surface area contributed by atoms with Crippen LogP contribution in [0.2, 0.25) is 0 Å². The van der Waals surface area contributed by atoms with Gasteiger partial charge in [-0.25, -0.2) is 0 Å². The Hall–Kier alpha value is -16.0. The van der Waals surface area contributed by atoms with E-state index in [9.17, 15) is 0 Å². The highest BCUT2D eigenvalue weighted by Crippen LogP contribution is 2.55. The fourth-order valence-electron chi connectivity index (χ4n) is 19.7. The summed E-state index contributed by atoms with van der Waals surface area (Å²) in [6, 6.07) is 154. The van der Waals surface area contributed by atoms with Gasteiger partial charge in [-0.2, -0.15) is 0 Å². The van der Waals surface area contributed by atoms with Crippen LogP contribution in [0.15, 0.2) is 443 Å². The first-order valence-electron chi connectivity index (χ1n) is 41.3. The molecule has 0 atom stereocenters. The molecule has 0 saturated carbocycles. The fraction of sp³-hybridized carbons (Fsp3) is 0. The van der Waals surface area contributed by atoms with Gasteiger partial charge in [0.05, 0.1) is 39.0 Å². The smallest absolute Gasteiger partial charge is 0.0876 e. The van der Waals surface area contributed by atoms with Crippen molar-refractivity contribution in [2.75, 3.05) is 0 Å². The summed E-state index contributed by atoms with van der Waals surface area (Å²) >= 11 is 0. The predicted octanol–water partition coefficient (Wildman–Crippen LogP) is 30.6. The van der Waals surface area contributed by atoms with Crippen molar-refractivity contribution in [3.63, 3.8) is 0 Å². The summed E-state index contributed by atoms with van der Waals surface area (Å²) in [5.41, 5.74) is 40.6. The second-order valence-electron chi connectivity index (χ2n) is 31.6. The second-order valence-corrected chi connectivity index (χ2v) is 31.6. The summed E-state index contributed by atoms with van der Waals surface area (Å²) < 4.78 is 9.48. The van der Waals surface area contributed by atoms with E-state index in [0.29, 0.717) is 0 Å². The zero-order chi connectivity index (χ0) is 78.9. The molecule has 26 rings (SSSR count). The zero-order valence-electron chi connectivity index (χ0n) is 65.4. The number of rotatable bonds is 7. The lowest BCUT2D eigenvalue weighted by Gasteiger charge is -2.16. The zero-order valence-corrected chi connectivity index (χ0v) is 65.4. The molecule has 0 aliphatic heterocycles. The fourth-order valence-corrected chi connectivity index (χ4v) is 19.7. The molecular weight excluding hydrogens is 1450 g/mol. The molecule has 5 nitrogen and oxygen atoms in total. The molecule has 0 N–H and O–H groups in total. The summed E-state index contributed by atoms with van der Waals surface area (Å²) in [5, 5.41) is 11.5. The van der Waals surface area contributed by atoms with Crippen molar-refractivity contribution in [1.82, 2.24) is 23.3 Å². The van der Waals surface area contributed by atoms with Crippen molar-refractivity contribution in [3.05, 3.63) is 443 Å². The lowest BCUT2D eigenvalue weighted by molar-refractivity contribution is 1.12. The van der Waals surface area contributed by atoms with Crippen molar-refractivity contribution in [2.24, 2.45) is 0 Å². The molecule has 5 heterocycles. The van der Waals surface area contributed by atoms with Crippen LogP contribution in [-0.4, -0.2) is 23.3 Å². The van der Waals surface area contributed by atoms with Crippen molar-refractivity contribution in [1.29, 1.82) is 0 Å². The van der Waals surface area contributed by atoms with Gasteiger partial charge in [-0.15, -0.1) is 0 Å². The van der Waals surface area contributed by atoms with E-state index in [2.05, 4.69) is 449 Å². The van der Waals surface area contributed by atoms with Crippen LogP contribution in [0.5, 0.6) is 0 Å². The number of benzene rings is 18. The maximum atomic E-state index is 4.95. The van der Waals surface area contributed by atoms with E-state index in [1.165, 1.54) is 210 Å². The van der Waals surface area contributed by atoms with E-state index in [0.717, 1.165) is 22.8 Å². The van der Waals surface area contributed by atoms with Gasteiger partial charge in [0.25, 0.3) is 0 Å². The van der Waals surface area contributed by atoms with Crippen LogP contribution in [0.3, 0.4) is 0 Å². The summed E-state index contributed by atoms with van der Waals surface area (Å²) in [4.78, 5) is 4.95.